The fourth-order valence-electron chi connectivity index (χ4n) is 4.00. The predicted octanol–water partition coefficient (Wildman–Crippen LogP) is 5.44. The molecule has 2 nitrogen and oxygen atoms in total. The number of aromatic hydroxyl groups is 1. The number of hydrogen-bond donors (Lipinski definition) is 1. The van der Waals surface area contributed by atoms with Gasteiger partial charge in [-0.1, -0.05) is 51.2 Å². The third-order valence-electron chi connectivity index (χ3n) is 5.55. The van der Waals surface area contributed by atoms with E-state index in [4.69, 9.17) is 4.99 Å². The van der Waals surface area contributed by atoms with Gasteiger partial charge in [0.15, 0.2) is 0 Å². The van der Waals surface area contributed by atoms with Crippen LogP contribution in [0.15, 0.2) is 23.2 Å². The Balaban J connectivity index is 1.72. The highest BCUT2D eigenvalue weighted by Gasteiger charge is 2.22. The summed E-state index contributed by atoms with van der Waals surface area (Å²) in [6.07, 6.45) is 13.3. The van der Waals surface area contributed by atoms with Crippen LogP contribution in [0.25, 0.3) is 0 Å². The molecule has 2 heteroatoms. The number of hydrogen-bond acceptors (Lipinski definition) is 2. The second-order valence-electron chi connectivity index (χ2n) is 7.31. The Hall–Kier alpha value is -1.31. The van der Waals surface area contributed by atoms with E-state index in [1.54, 1.807) is 0 Å². The van der Waals surface area contributed by atoms with Crippen LogP contribution in [-0.2, 0) is 0 Å². The molecule has 22 heavy (non-hydrogen) atoms. The molecule has 0 unspecified atom stereocenters. The Kier molecular flexibility index (Phi) is 5.17. The van der Waals surface area contributed by atoms with E-state index in [0.29, 0.717) is 17.7 Å². The van der Waals surface area contributed by atoms with Crippen molar-refractivity contribution in [2.75, 3.05) is 0 Å². The highest BCUT2D eigenvalue weighted by Crippen LogP contribution is 2.39. The second-order valence-corrected chi connectivity index (χ2v) is 7.31. The quantitative estimate of drug-likeness (QED) is 0.741. The Morgan fingerprint density at radius 3 is 2.45 bits per heavy atom. The minimum Gasteiger partial charge on any atom is -0.507 e. The summed E-state index contributed by atoms with van der Waals surface area (Å²) in [5, 5.41) is 10.6. The molecule has 120 valence electrons. The molecule has 2 aliphatic carbocycles. The van der Waals surface area contributed by atoms with Gasteiger partial charge >= 0.3 is 0 Å². The maximum Gasteiger partial charge on any atom is 0.127 e. The lowest BCUT2D eigenvalue weighted by Crippen LogP contribution is -2.11. The van der Waals surface area contributed by atoms with E-state index in [0.717, 1.165) is 17.0 Å². The van der Waals surface area contributed by atoms with Crippen LogP contribution in [0, 0.1) is 5.92 Å². The number of phenols is 1. The minimum absolute atomic E-state index is 0.465. The van der Waals surface area contributed by atoms with Crippen LogP contribution in [0.4, 0.5) is 0 Å². The van der Waals surface area contributed by atoms with Gasteiger partial charge in [0.05, 0.1) is 0 Å². The van der Waals surface area contributed by atoms with E-state index < -0.39 is 0 Å². The lowest BCUT2D eigenvalue weighted by molar-refractivity contribution is 0.340. The van der Waals surface area contributed by atoms with Crippen LogP contribution in [0.5, 0.6) is 5.75 Å². The lowest BCUT2D eigenvalue weighted by Gasteiger charge is -2.27. The van der Waals surface area contributed by atoms with Gasteiger partial charge in [0, 0.05) is 17.8 Å². The maximum atomic E-state index is 10.6. The van der Waals surface area contributed by atoms with Gasteiger partial charge in [0.25, 0.3) is 0 Å². The first-order valence-electron chi connectivity index (χ1n) is 9.09. The van der Waals surface area contributed by atoms with Gasteiger partial charge in [0.1, 0.15) is 5.75 Å². The number of para-hydroxylation sites is 1. The molecule has 1 aromatic rings. The average molecular weight is 299 g/mol. The van der Waals surface area contributed by atoms with Gasteiger partial charge in [-0.25, -0.2) is 0 Å². The predicted molar refractivity (Wildman–Crippen MR) is 92.9 cm³/mol. The average Bonchev–Trinajstić information content (AvgIpc) is 2.56. The smallest absolute Gasteiger partial charge is 0.127 e. The van der Waals surface area contributed by atoms with Crippen LogP contribution in [0.1, 0.15) is 81.8 Å². The topological polar surface area (TPSA) is 32.6 Å². The molecular weight excluding hydrogens is 270 g/mol. The summed E-state index contributed by atoms with van der Waals surface area (Å²) in [6.45, 7) is 2.34. The Labute approximate surface area is 134 Å². The van der Waals surface area contributed by atoms with Crippen molar-refractivity contribution >= 4 is 6.21 Å². The zero-order valence-corrected chi connectivity index (χ0v) is 13.8. The monoisotopic (exact) mass is 299 g/mol. The Bertz CT molecular complexity index is 508. The van der Waals surface area contributed by atoms with Crippen LogP contribution < -0.4 is 0 Å². The van der Waals surface area contributed by atoms with Crippen molar-refractivity contribution in [3.8, 4) is 5.75 Å². The summed E-state index contributed by atoms with van der Waals surface area (Å²) < 4.78 is 0. The van der Waals surface area contributed by atoms with Crippen molar-refractivity contribution in [2.24, 2.45) is 10.9 Å². The minimum atomic E-state index is 0.465. The van der Waals surface area contributed by atoms with Crippen molar-refractivity contribution in [3.63, 3.8) is 0 Å². The fourth-order valence-corrected chi connectivity index (χ4v) is 4.00. The molecule has 0 spiro atoms. The molecule has 0 heterocycles. The maximum absolute atomic E-state index is 10.6. The fraction of sp³-hybridized carbons (Fsp3) is 0.650. The highest BCUT2D eigenvalue weighted by atomic mass is 16.3. The van der Waals surface area contributed by atoms with E-state index >= 15 is 0 Å². The lowest BCUT2D eigenvalue weighted by atomic mass is 9.79. The van der Waals surface area contributed by atoms with Crippen LogP contribution in [-0.4, -0.2) is 17.4 Å². The third-order valence-corrected chi connectivity index (χ3v) is 5.55. The van der Waals surface area contributed by atoms with Crippen LogP contribution in [0.2, 0.25) is 0 Å². The van der Waals surface area contributed by atoms with E-state index in [1.807, 2.05) is 12.3 Å². The standard InChI is InChI=1S/C20H29NO/c1-15-10-12-16(13-11-15)19-9-5-6-17(20(19)22)14-21-18-7-3-2-4-8-18/h5-6,9,14-16,18,22H,2-4,7-8,10-13H2,1H3. The van der Waals surface area contributed by atoms with Gasteiger partial charge in [-0.05, 0) is 49.1 Å². The molecule has 2 saturated carbocycles. The first-order valence-corrected chi connectivity index (χ1v) is 9.09. The highest BCUT2D eigenvalue weighted by molar-refractivity contribution is 5.84. The number of aliphatic imine (C=N–C) groups is 1. The normalized spacial score (nSPS) is 27.3. The zero-order chi connectivity index (χ0) is 15.4. The second kappa shape index (κ2) is 7.30. The molecule has 0 aromatic heterocycles. The molecule has 0 bridgehead atoms. The van der Waals surface area contributed by atoms with Crippen molar-refractivity contribution in [1.29, 1.82) is 0 Å². The van der Waals surface area contributed by atoms with Crippen molar-refractivity contribution < 1.29 is 5.11 Å². The van der Waals surface area contributed by atoms with Gasteiger partial charge < -0.3 is 5.11 Å². The molecule has 0 aliphatic heterocycles. The van der Waals surface area contributed by atoms with Gasteiger partial charge in [-0.2, -0.15) is 0 Å². The van der Waals surface area contributed by atoms with E-state index in [9.17, 15) is 5.11 Å². The van der Waals surface area contributed by atoms with E-state index in [1.165, 1.54) is 57.8 Å². The molecule has 2 fully saturated rings. The molecule has 1 aromatic carbocycles. The SMILES string of the molecule is CC1CCC(c2cccc(C=NC3CCCCC3)c2O)CC1. The summed E-state index contributed by atoms with van der Waals surface area (Å²) in [5.41, 5.74) is 2.04. The van der Waals surface area contributed by atoms with E-state index in [-0.39, 0.29) is 0 Å². The number of rotatable bonds is 3. The largest absolute Gasteiger partial charge is 0.507 e. The molecule has 0 atom stereocenters. The zero-order valence-electron chi connectivity index (χ0n) is 13.8. The number of benzene rings is 1. The number of nitrogens with zero attached hydrogens (tertiary/aromatic N) is 1. The van der Waals surface area contributed by atoms with Gasteiger partial charge in [-0.3, -0.25) is 4.99 Å². The Morgan fingerprint density at radius 1 is 1.00 bits per heavy atom. The van der Waals surface area contributed by atoms with Gasteiger partial charge in [-0.15, -0.1) is 0 Å². The first-order chi connectivity index (χ1) is 10.7. The Morgan fingerprint density at radius 2 is 1.73 bits per heavy atom. The molecule has 3 rings (SSSR count). The van der Waals surface area contributed by atoms with Crippen molar-refractivity contribution in [1.82, 2.24) is 0 Å². The molecule has 2 aliphatic rings. The summed E-state index contributed by atoms with van der Waals surface area (Å²) in [4.78, 5) is 4.73. The summed E-state index contributed by atoms with van der Waals surface area (Å²) in [5.74, 6) is 1.84. The van der Waals surface area contributed by atoms with Gasteiger partial charge in [0.2, 0.25) is 0 Å². The molecule has 0 amide bonds. The van der Waals surface area contributed by atoms with Crippen LogP contribution in [0.3, 0.4) is 0 Å². The summed E-state index contributed by atoms with van der Waals surface area (Å²) in [6, 6.07) is 6.65. The summed E-state index contributed by atoms with van der Waals surface area (Å²) in [7, 11) is 0. The van der Waals surface area contributed by atoms with Crippen LogP contribution >= 0.6 is 0 Å². The van der Waals surface area contributed by atoms with Crippen molar-refractivity contribution in [3.05, 3.63) is 29.3 Å². The number of phenolic OH excluding ortho intramolecular Hbond substituents is 1. The van der Waals surface area contributed by atoms with E-state index in [2.05, 4.69) is 19.1 Å². The molecule has 0 radical (unpaired) electrons. The third kappa shape index (κ3) is 3.71. The summed E-state index contributed by atoms with van der Waals surface area (Å²) >= 11 is 0. The molecule has 1 N–H and O–H groups in total. The van der Waals surface area contributed by atoms with Crippen molar-refractivity contribution in [2.45, 2.75) is 76.7 Å². The molecular formula is C20H29NO. The molecule has 0 saturated heterocycles. The first kappa shape index (κ1) is 15.6.